The molecule has 146 valence electrons. The second-order valence-corrected chi connectivity index (χ2v) is 5.93. The highest BCUT2D eigenvalue weighted by Crippen LogP contribution is 2.19. The lowest BCUT2D eigenvalue weighted by molar-refractivity contribution is 0.205. The molecule has 1 aliphatic rings. The summed E-state index contributed by atoms with van der Waals surface area (Å²) in [6.45, 7) is 2.60. The number of carboxylic acid groups (broad SMARTS) is 1. The van der Waals surface area contributed by atoms with E-state index in [1.54, 1.807) is 10.9 Å². The number of amides is 1. The molecule has 0 fully saturated rings. The van der Waals surface area contributed by atoms with Gasteiger partial charge in [-0.15, -0.1) is 5.10 Å². The van der Waals surface area contributed by atoms with E-state index in [1.165, 1.54) is 0 Å². The van der Waals surface area contributed by atoms with Crippen LogP contribution < -0.4 is 15.8 Å². The maximum Gasteiger partial charge on any atom is 0.402 e. The number of benzene rings is 1. The molecule has 2 heterocycles. The summed E-state index contributed by atoms with van der Waals surface area (Å²) in [5.74, 6) is 1.42. The SMILES string of the molecule is CCOc1ccc(-n2nnc3cnc(N[C@@H]4C=CCC4)nc32)cc1.NC(=O)O. The lowest BCUT2D eigenvalue weighted by Crippen LogP contribution is -2.15. The number of fused-ring (bicyclic) bond motifs is 1. The average molecular weight is 383 g/mol. The van der Waals surface area contributed by atoms with Gasteiger partial charge in [0.25, 0.3) is 0 Å². The number of hydrogen-bond acceptors (Lipinski definition) is 7. The number of carbonyl (C=O) groups is 1. The molecule has 1 atom stereocenters. The molecule has 4 N–H and O–H groups in total. The van der Waals surface area contributed by atoms with Crippen LogP contribution in [0.25, 0.3) is 16.9 Å². The van der Waals surface area contributed by atoms with Gasteiger partial charge < -0.3 is 20.9 Å². The highest BCUT2D eigenvalue weighted by atomic mass is 16.5. The zero-order valence-corrected chi connectivity index (χ0v) is 15.3. The summed E-state index contributed by atoms with van der Waals surface area (Å²) >= 11 is 0. The minimum Gasteiger partial charge on any atom is -0.494 e. The van der Waals surface area contributed by atoms with Crippen molar-refractivity contribution < 1.29 is 14.6 Å². The van der Waals surface area contributed by atoms with Crippen LogP contribution in [0.1, 0.15) is 19.8 Å². The zero-order valence-electron chi connectivity index (χ0n) is 15.3. The summed E-state index contributed by atoms with van der Waals surface area (Å²) in [5, 5.41) is 18.9. The first kappa shape index (κ1) is 19.1. The summed E-state index contributed by atoms with van der Waals surface area (Å²) < 4.78 is 7.18. The van der Waals surface area contributed by atoms with Crippen LogP contribution in [0.4, 0.5) is 10.7 Å². The Morgan fingerprint density at radius 3 is 2.79 bits per heavy atom. The number of rotatable bonds is 5. The molecule has 0 saturated carbocycles. The number of nitrogens with zero attached hydrogens (tertiary/aromatic N) is 5. The monoisotopic (exact) mass is 383 g/mol. The largest absolute Gasteiger partial charge is 0.494 e. The Hall–Kier alpha value is -3.69. The van der Waals surface area contributed by atoms with E-state index in [2.05, 4.69) is 43.5 Å². The van der Waals surface area contributed by atoms with Crippen LogP contribution in [-0.2, 0) is 0 Å². The highest BCUT2D eigenvalue weighted by Gasteiger charge is 2.13. The van der Waals surface area contributed by atoms with E-state index >= 15 is 0 Å². The van der Waals surface area contributed by atoms with E-state index in [1.807, 2.05) is 31.2 Å². The van der Waals surface area contributed by atoms with Crippen molar-refractivity contribution in [2.75, 3.05) is 11.9 Å². The molecular weight excluding hydrogens is 362 g/mol. The Labute approximate surface area is 161 Å². The number of primary amides is 1. The maximum absolute atomic E-state index is 8.78. The van der Waals surface area contributed by atoms with Gasteiger partial charge in [-0.25, -0.2) is 9.78 Å². The molecule has 1 aliphatic carbocycles. The Kier molecular flexibility index (Phi) is 6.00. The van der Waals surface area contributed by atoms with Crippen LogP contribution in [0.15, 0.2) is 42.6 Å². The Bertz CT molecular complexity index is 965. The van der Waals surface area contributed by atoms with Crippen LogP contribution in [0.5, 0.6) is 5.75 Å². The van der Waals surface area contributed by atoms with E-state index in [9.17, 15) is 0 Å². The van der Waals surface area contributed by atoms with Crippen LogP contribution in [-0.4, -0.2) is 48.8 Å². The molecule has 0 aliphatic heterocycles. The van der Waals surface area contributed by atoms with Crippen molar-refractivity contribution in [2.45, 2.75) is 25.8 Å². The van der Waals surface area contributed by atoms with Crippen molar-refractivity contribution in [1.29, 1.82) is 0 Å². The molecular formula is C18H21N7O3. The van der Waals surface area contributed by atoms with E-state index in [0.717, 1.165) is 24.3 Å². The van der Waals surface area contributed by atoms with Crippen molar-refractivity contribution >= 4 is 23.2 Å². The summed E-state index contributed by atoms with van der Waals surface area (Å²) in [6.07, 6.45) is 6.84. The number of hydrogen-bond donors (Lipinski definition) is 3. The fourth-order valence-corrected chi connectivity index (χ4v) is 2.74. The smallest absolute Gasteiger partial charge is 0.402 e. The maximum atomic E-state index is 8.78. The Morgan fingerprint density at radius 2 is 2.14 bits per heavy atom. The van der Waals surface area contributed by atoms with Crippen molar-refractivity contribution in [2.24, 2.45) is 5.73 Å². The topological polar surface area (TPSA) is 141 Å². The number of anilines is 1. The summed E-state index contributed by atoms with van der Waals surface area (Å²) in [7, 11) is 0. The van der Waals surface area contributed by atoms with Gasteiger partial charge in [-0.1, -0.05) is 17.4 Å². The lowest BCUT2D eigenvalue weighted by atomic mass is 10.3. The van der Waals surface area contributed by atoms with Gasteiger partial charge in [0.15, 0.2) is 11.2 Å². The molecule has 28 heavy (non-hydrogen) atoms. The van der Waals surface area contributed by atoms with Gasteiger partial charge in [-0.2, -0.15) is 9.67 Å². The predicted molar refractivity (Wildman–Crippen MR) is 104 cm³/mol. The van der Waals surface area contributed by atoms with Crippen LogP contribution >= 0.6 is 0 Å². The summed E-state index contributed by atoms with van der Waals surface area (Å²) in [4.78, 5) is 17.7. The normalized spacial score (nSPS) is 15.1. The van der Waals surface area contributed by atoms with E-state index in [-0.39, 0.29) is 6.04 Å². The van der Waals surface area contributed by atoms with E-state index in [0.29, 0.717) is 23.7 Å². The number of nitrogens with two attached hydrogens (primary N) is 1. The predicted octanol–water partition coefficient (Wildman–Crippen LogP) is 2.36. The fourth-order valence-electron chi connectivity index (χ4n) is 2.74. The molecule has 0 unspecified atom stereocenters. The van der Waals surface area contributed by atoms with Gasteiger partial charge in [0.1, 0.15) is 5.75 Å². The lowest BCUT2D eigenvalue weighted by Gasteiger charge is -2.10. The number of allylic oxidation sites excluding steroid dienone is 1. The Morgan fingerprint density at radius 1 is 1.39 bits per heavy atom. The van der Waals surface area contributed by atoms with Crippen molar-refractivity contribution in [3.8, 4) is 11.4 Å². The molecule has 0 saturated heterocycles. The van der Waals surface area contributed by atoms with Gasteiger partial charge in [0.2, 0.25) is 5.95 Å². The molecule has 10 heteroatoms. The number of ether oxygens (including phenoxy) is 1. The molecule has 0 radical (unpaired) electrons. The quantitative estimate of drug-likeness (QED) is 0.570. The number of aromatic nitrogens is 5. The Balaban J connectivity index is 0.000000516. The second-order valence-electron chi connectivity index (χ2n) is 5.93. The van der Waals surface area contributed by atoms with E-state index in [4.69, 9.17) is 14.6 Å². The summed E-state index contributed by atoms with van der Waals surface area (Å²) in [6, 6.07) is 7.99. The van der Waals surface area contributed by atoms with Gasteiger partial charge >= 0.3 is 6.09 Å². The van der Waals surface area contributed by atoms with Crippen molar-refractivity contribution in [3.05, 3.63) is 42.6 Å². The standard InChI is InChI=1S/C17H18N6O.CH3NO2/c1-2-24-14-9-7-13(8-10-14)23-16-15(21-22-23)11-18-17(20-16)19-12-5-3-4-6-12;2-1(3)4/h3,5,7-12H,2,4,6H2,1H3,(H,18,19,20);2H2,(H,3,4)/t12-;/m1./s1. The highest BCUT2D eigenvalue weighted by molar-refractivity contribution is 5.72. The zero-order chi connectivity index (χ0) is 19.9. The first-order valence-corrected chi connectivity index (χ1v) is 8.80. The van der Waals surface area contributed by atoms with Crippen LogP contribution in [0, 0.1) is 0 Å². The third-order valence-corrected chi connectivity index (χ3v) is 3.91. The van der Waals surface area contributed by atoms with Crippen molar-refractivity contribution in [1.82, 2.24) is 25.0 Å². The molecule has 4 rings (SSSR count). The van der Waals surface area contributed by atoms with Crippen LogP contribution in [0.2, 0.25) is 0 Å². The minimum atomic E-state index is -1.33. The van der Waals surface area contributed by atoms with E-state index < -0.39 is 6.09 Å². The van der Waals surface area contributed by atoms with Gasteiger partial charge in [0.05, 0.1) is 18.5 Å². The molecule has 3 aromatic rings. The number of nitrogens with one attached hydrogen (secondary N) is 1. The molecule has 10 nitrogen and oxygen atoms in total. The van der Waals surface area contributed by atoms with Crippen molar-refractivity contribution in [3.63, 3.8) is 0 Å². The fraction of sp³-hybridized carbons (Fsp3) is 0.278. The van der Waals surface area contributed by atoms with Crippen LogP contribution in [0.3, 0.4) is 0 Å². The first-order chi connectivity index (χ1) is 13.6. The van der Waals surface area contributed by atoms with Gasteiger partial charge in [-0.3, -0.25) is 0 Å². The van der Waals surface area contributed by atoms with Gasteiger partial charge in [0, 0.05) is 6.04 Å². The molecule has 1 amide bonds. The molecule has 0 bridgehead atoms. The first-order valence-electron chi connectivity index (χ1n) is 8.80. The third-order valence-electron chi connectivity index (χ3n) is 3.91. The second kappa shape index (κ2) is 8.80. The molecule has 2 aromatic heterocycles. The molecule has 0 spiro atoms. The minimum absolute atomic E-state index is 0.289. The summed E-state index contributed by atoms with van der Waals surface area (Å²) in [5.41, 5.74) is 6.25. The molecule has 1 aromatic carbocycles. The third kappa shape index (κ3) is 4.72. The average Bonchev–Trinajstić information content (AvgIpc) is 3.32. The van der Waals surface area contributed by atoms with Gasteiger partial charge in [-0.05, 0) is 44.0 Å².